The van der Waals surface area contributed by atoms with Gasteiger partial charge in [0, 0.05) is 25.2 Å². The summed E-state index contributed by atoms with van der Waals surface area (Å²) in [5, 5.41) is 9.27. The van der Waals surface area contributed by atoms with Crippen molar-refractivity contribution in [2.45, 2.75) is 19.4 Å². The predicted octanol–water partition coefficient (Wildman–Crippen LogP) is 0.892. The number of aromatic nitrogens is 1. The van der Waals surface area contributed by atoms with E-state index in [0.29, 0.717) is 11.5 Å². The number of carboxylic acid groups (broad SMARTS) is 1. The number of likely N-dealkylation sites (N-methyl/N-ethyl adjacent to an activating group) is 1. The van der Waals surface area contributed by atoms with Crippen molar-refractivity contribution in [1.82, 2.24) is 9.88 Å². The molecule has 19 heavy (non-hydrogen) atoms. The van der Waals surface area contributed by atoms with Crippen molar-refractivity contribution >= 4 is 17.5 Å². The molecular weight excluding hydrogens is 244 g/mol. The molecule has 1 aromatic heterocycles. The van der Waals surface area contributed by atoms with E-state index in [9.17, 15) is 9.90 Å². The van der Waals surface area contributed by atoms with E-state index in [0.717, 1.165) is 19.6 Å². The second-order valence-corrected chi connectivity index (χ2v) is 5.60. The van der Waals surface area contributed by atoms with Crippen LogP contribution in [0.3, 0.4) is 0 Å². The van der Waals surface area contributed by atoms with Gasteiger partial charge in [-0.1, -0.05) is 0 Å². The number of nitrogens with zero attached hydrogens (tertiary/aromatic N) is 3. The maximum Gasteiger partial charge on any atom is 0.339 e. The Hall–Kier alpha value is -1.82. The molecule has 0 atom stereocenters. The van der Waals surface area contributed by atoms with Gasteiger partial charge in [0.2, 0.25) is 0 Å². The lowest BCUT2D eigenvalue weighted by molar-refractivity contribution is 0.0696. The number of hydrogen-bond acceptors (Lipinski definition) is 5. The van der Waals surface area contributed by atoms with Gasteiger partial charge in [0.25, 0.3) is 0 Å². The first kappa shape index (κ1) is 13.6. The Balaban J connectivity index is 2.35. The number of rotatable bonds is 2. The van der Waals surface area contributed by atoms with Gasteiger partial charge in [-0.2, -0.15) is 0 Å². The molecule has 1 fully saturated rings. The van der Waals surface area contributed by atoms with Gasteiger partial charge in [-0.05, 0) is 27.0 Å². The first-order chi connectivity index (χ1) is 8.81. The van der Waals surface area contributed by atoms with E-state index in [1.165, 1.54) is 12.3 Å². The summed E-state index contributed by atoms with van der Waals surface area (Å²) in [5.74, 6) is -0.491. The SMILES string of the molecule is CN1CCN(c2ncc(N)cc2C(=O)O)CC1(C)C. The van der Waals surface area contributed by atoms with Crippen molar-refractivity contribution in [3.63, 3.8) is 0 Å². The monoisotopic (exact) mass is 264 g/mol. The maximum absolute atomic E-state index is 11.3. The third-order valence-corrected chi connectivity index (χ3v) is 3.73. The molecule has 1 saturated heterocycles. The van der Waals surface area contributed by atoms with Crippen LogP contribution in [0.5, 0.6) is 0 Å². The Bertz CT molecular complexity index is 501. The highest BCUT2D eigenvalue weighted by molar-refractivity contribution is 5.94. The summed E-state index contributed by atoms with van der Waals surface area (Å²) in [7, 11) is 2.08. The van der Waals surface area contributed by atoms with E-state index in [2.05, 4.69) is 30.8 Å². The first-order valence-electron chi connectivity index (χ1n) is 6.26. The zero-order valence-electron chi connectivity index (χ0n) is 11.6. The molecule has 2 rings (SSSR count). The average molecular weight is 264 g/mol. The second kappa shape index (κ2) is 4.70. The molecule has 1 aliphatic heterocycles. The van der Waals surface area contributed by atoms with Gasteiger partial charge in [-0.3, -0.25) is 4.90 Å². The third-order valence-electron chi connectivity index (χ3n) is 3.73. The molecule has 6 heteroatoms. The third kappa shape index (κ3) is 2.63. The zero-order chi connectivity index (χ0) is 14.2. The Kier molecular flexibility index (Phi) is 3.36. The van der Waals surface area contributed by atoms with Crippen LogP contribution in [0.2, 0.25) is 0 Å². The summed E-state index contributed by atoms with van der Waals surface area (Å²) < 4.78 is 0. The largest absolute Gasteiger partial charge is 0.478 e. The van der Waals surface area contributed by atoms with Crippen LogP contribution in [0.25, 0.3) is 0 Å². The van der Waals surface area contributed by atoms with Gasteiger partial charge in [0.15, 0.2) is 0 Å². The number of hydrogen-bond donors (Lipinski definition) is 2. The fourth-order valence-corrected chi connectivity index (χ4v) is 2.30. The standard InChI is InChI=1S/C13H20N4O2/c1-13(2)8-17(5-4-16(13)3)11-10(12(18)19)6-9(14)7-15-11/h6-7H,4-5,8,14H2,1-3H3,(H,18,19). The number of nitrogens with two attached hydrogens (primary N) is 1. The molecule has 6 nitrogen and oxygen atoms in total. The first-order valence-corrected chi connectivity index (χ1v) is 6.26. The molecule has 0 unspecified atom stereocenters. The molecule has 0 aromatic carbocycles. The normalized spacial score (nSPS) is 19.4. The van der Waals surface area contributed by atoms with E-state index in [4.69, 9.17) is 5.73 Å². The van der Waals surface area contributed by atoms with Crippen LogP contribution in [0.1, 0.15) is 24.2 Å². The lowest BCUT2D eigenvalue weighted by atomic mass is 9.99. The van der Waals surface area contributed by atoms with Gasteiger partial charge >= 0.3 is 5.97 Å². The molecule has 0 saturated carbocycles. The van der Waals surface area contributed by atoms with Crippen molar-refractivity contribution in [3.8, 4) is 0 Å². The van der Waals surface area contributed by atoms with Crippen LogP contribution in [0.4, 0.5) is 11.5 Å². The molecule has 0 spiro atoms. The quantitative estimate of drug-likeness (QED) is 0.825. The number of anilines is 2. The molecule has 0 amide bonds. The van der Waals surface area contributed by atoms with Crippen LogP contribution >= 0.6 is 0 Å². The smallest absolute Gasteiger partial charge is 0.339 e. The summed E-state index contributed by atoms with van der Waals surface area (Å²) in [6.07, 6.45) is 1.51. The van der Waals surface area contributed by atoms with Crippen LogP contribution < -0.4 is 10.6 Å². The molecule has 3 N–H and O–H groups in total. The van der Waals surface area contributed by atoms with Crippen molar-refractivity contribution in [1.29, 1.82) is 0 Å². The Labute approximate surface area is 112 Å². The number of aromatic carboxylic acids is 1. The van der Waals surface area contributed by atoms with Crippen LogP contribution in [0, 0.1) is 0 Å². The average Bonchev–Trinajstić information content (AvgIpc) is 2.32. The predicted molar refractivity (Wildman–Crippen MR) is 74.5 cm³/mol. The Morgan fingerprint density at radius 1 is 1.47 bits per heavy atom. The highest BCUT2D eigenvalue weighted by Gasteiger charge is 2.33. The van der Waals surface area contributed by atoms with Crippen molar-refractivity contribution in [3.05, 3.63) is 17.8 Å². The molecule has 104 valence electrons. The van der Waals surface area contributed by atoms with E-state index in [-0.39, 0.29) is 11.1 Å². The minimum absolute atomic E-state index is 0.0168. The lowest BCUT2D eigenvalue weighted by Gasteiger charge is -2.46. The summed E-state index contributed by atoms with van der Waals surface area (Å²) in [6.45, 7) is 6.64. The minimum atomic E-state index is -0.994. The lowest BCUT2D eigenvalue weighted by Crippen LogP contribution is -2.58. The van der Waals surface area contributed by atoms with Crippen molar-refractivity contribution in [2.24, 2.45) is 0 Å². The number of carboxylic acids is 1. The number of carbonyl (C=O) groups is 1. The highest BCUT2D eigenvalue weighted by atomic mass is 16.4. The molecule has 0 bridgehead atoms. The zero-order valence-corrected chi connectivity index (χ0v) is 11.6. The highest BCUT2D eigenvalue weighted by Crippen LogP contribution is 2.26. The molecular formula is C13H20N4O2. The van der Waals surface area contributed by atoms with Gasteiger partial charge < -0.3 is 15.7 Å². The molecule has 0 aliphatic carbocycles. The van der Waals surface area contributed by atoms with E-state index >= 15 is 0 Å². The van der Waals surface area contributed by atoms with Crippen LogP contribution in [-0.4, -0.2) is 53.2 Å². The van der Waals surface area contributed by atoms with Gasteiger partial charge in [0.05, 0.1) is 11.9 Å². The molecule has 2 heterocycles. The van der Waals surface area contributed by atoms with E-state index in [1.54, 1.807) is 0 Å². The van der Waals surface area contributed by atoms with Gasteiger partial charge in [0.1, 0.15) is 11.4 Å². The Morgan fingerprint density at radius 3 is 2.74 bits per heavy atom. The summed E-state index contributed by atoms with van der Waals surface area (Å²) in [4.78, 5) is 19.8. The van der Waals surface area contributed by atoms with Gasteiger partial charge in [-0.25, -0.2) is 9.78 Å². The van der Waals surface area contributed by atoms with Crippen LogP contribution in [-0.2, 0) is 0 Å². The summed E-state index contributed by atoms with van der Waals surface area (Å²) in [6, 6.07) is 1.47. The molecule has 1 aromatic rings. The summed E-state index contributed by atoms with van der Waals surface area (Å²) >= 11 is 0. The summed E-state index contributed by atoms with van der Waals surface area (Å²) in [5.41, 5.74) is 6.14. The second-order valence-electron chi connectivity index (χ2n) is 5.60. The maximum atomic E-state index is 11.3. The van der Waals surface area contributed by atoms with Crippen LogP contribution in [0.15, 0.2) is 12.3 Å². The van der Waals surface area contributed by atoms with E-state index in [1.807, 2.05) is 4.90 Å². The minimum Gasteiger partial charge on any atom is -0.478 e. The van der Waals surface area contributed by atoms with Crippen molar-refractivity contribution < 1.29 is 9.90 Å². The Morgan fingerprint density at radius 2 is 2.16 bits per heavy atom. The molecule has 1 aliphatic rings. The fourth-order valence-electron chi connectivity index (χ4n) is 2.30. The topological polar surface area (TPSA) is 82.7 Å². The number of pyridine rings is 1. The molecule has 0 radical (unpaired) electrons. The number of nitrogen functional groups attached to an aromatic ring is 1. The fraction of sp³-hybridized carbons (Fsp3) is 0.538. The van der Waals surface area contributed by atoms with E-state index < -0.39 is 5.97 Å². The van der Waals surface area contributed by atoms with Crippen molar-refractivity contribution in [2.75, 3.05) is 37.3 Å². The number of piperazine rings is 1. The van der Waals surface area contributed by atoms with Gasteiger partial charge in [-0.15, -0.1) is 0 Å².